The topological polar surface area (TPSA) is 63.4 Å². The molecule has 0 spiro atoms. The van der Waals surface area contributed by atoms with E-state index < -0.39 is 15.8 Å². The fourth-order valence-electron chi connectivity index (χ4n) is 2.52. The van der Waals surface area contributed by atoms with Crippen LogP contribution in [0.4, 0.5) is 4.39 Å². The van der Waals surface area contributed by atoms with Gasteiger partial charge in [-0.3, -0.25) is 0 Å². The fraction of sp³-hybridized carbons (Fsp3) is 0.538. The third kappa shape index (κ3) is 2.96. The molecular formula is C13H19FN2O2S. The highest BCUT2D eigenvalue weighted by molar-refractivity contribution is 7.89. The van der Waals surface area contributed by atoms with Gasteiger partial charge in [0.1, 0.15) is 5.82 Å². The number of nitrogens with zero attached hydrogens (tertiary/aromatic N) is 1. The van der Waals surface area contributed by atoms with Crippen LogP contribution >= 0.6 is 0 Å². The fourth-order valence-corrected chi connectivity index (χ4v) is 4.32. The lowest BCUT2D eigenvalue weighted by atomic mass is 10.00. The summed E-state index contributed by atoms with van der Waals surface area (Å²) in [7, 11) is -3.67. The second-order valence-corrected chi connectivity index (χ2v) is 6.89. The number of halogens is 1. The summed E-state index contributed by atoms with van der Waals surface area (Å²) in [6.45, 7) is 2.26. The van der Waals surface area contributed by atoms with Crippen LogP contribution in [0, 0.1) is 5.82 Å². The molecular weight excluding hydrogens is 267 g/mol. The van der Waals surface area contributed by atoms with Crippen molar-refractivity contribution in [2.45, 2.75) is 43.2 Å². The van der Waals surface area contributed by atoms with Crippen molar-refractivity contribution in [3.63, 3.8) is 0 Å². The van der Waals surface area contributed by atoms with Crippen LogP contribution in [-0.4, -0.2) is 31.4 Å². The Kier molecular flexibility index (Phi) is 4.23. The molecule has 2 atom stereocenters. The third-order valence-corrected chi connectivity index (χ3v) is 5.43. The molecule has 1 aromatic carbocycles. The number of rotatable bonds is 3. The van der Waals surface area contributed by atoms with Crippen molar-refractivity contribution in [2.24, 2.45) is 5.73 Å². The monoisotopic (exact) mass is 286 g/mol. The van der Waals surface area contributed by atoms with Crippen molar-refractivity contribution in [1.29, 1.82) is 0 Å². The first-order valence-corrected chi connectivity index (χ1v) is 7.90. The van der Waals surface area contributed by atoms with Gasteiger partial charge in [-0.1, -0.05) is 12.5 Å². The van der Waals surface area contributed by atoms with Crippen molar-refractivity contribution in [3.05, 3.63) is 30.1 Å². The van der Waals surface area contributed by atoms with Gasteiger partial charge in [0.25, 0.3) is 0 Å². The van der Waals surface area contributed by atoms with Crippen molar-refractivity contribution in [1.82, 2.24) is 4.31 Å². The van der Waals surface area contributed by atoms with Gasteiger partial charge in [-0.15, -0.1) is 0 Å². The van der Waals surface area contributed by atoms with E-state index in [0.717, 1.165) is 25.3 Å². The van der Waals surface area contributed by atoms with Crippen LogP contribution in [0.25, 0.3) is 0 Å². The second kappa shape index (κ2) is 5.56. The second-order valence-electron chi connectivity index (χ2n) is 5.00. The molecule has 1 aliphatic heterocycles. The lowest BCUT2D eigenvalue weighted by Gasteiger charge is -2.36. The molecule has 4 nitrogen and oxygen atoms in total. The zero-order valence-electron chi connectivity index (χ0n) is 10.9. The van der Waals surface area contributed by atoms with Crippen LogP contribution in [0.15, 0.2) is 29.2 Å². The van der Waals surface area contributed by atoms with Gasteiger partial charge < -0.3 is 5.73 Å². The summed E-state index contributed by atoms with van der Waals surface area (Å²) in [5.74, 6) is -0.546. The number of hydrogen-bond acceptors (Lipinski definition) is 3. The number of benzene rings is 1. The van der Waals surface area contributed by atoms with Crippen LogP contribution < -0.4 is 5.73 Å². The van der Waals surface area contributed by atoms with E-state index in [-0.39, 0.29) is 17.0 Å². The van der Waals surface area contributed by atoms with E-state index in [1.165, 1.54) is 22.5 Å². The van der Waals surface area contributed by atoms with Crippen LogP contribution in [0.1, 0.15) is 26.2 Å². The third-order valence-electron chi connectivity index (χ3n) is 3.51. The molecule has 19 heavy (non-hydrogen) atoms. The van der Waals surface area contributed by atoms with E-state index in [2.05, 4.69) is 0 Å². The maximum atomic E-state index is 13.2. The van der Waals surface area contributed by atoms with Crippen LogP contribution in [0.5, 0.6) is 0 Å². The van der Waals surface area contributed by atoms with Gasteiger partial charge in [0.05, 0.1) is 4.90 Å². The molecule has 0 aliphatic carbocycles. The first kappa shape index (κ1) is 14.4. The Hall–Kier alpha value is -0.980. The molecule has 0 aromatic heterocycles. The molecule has 1 heterocycles. The SMILES string of the molecule is CC(N)C1CCCCN1S(=O)(=O)c1cccc(F)c1. The molecule has 1 aromatic rings. The van der Waals surface area contributed by atoms with Gasteiger partial charge in [0.2, 0.25) is 10.0 Å². The Balaban J connectivity index is 2.37. The molecule has 0 bridgehead atoms. The zero-order chi connectivity index (χ0) is 14.0. The molecule has 0 amide bonds. The molecule has 106 valence electrons. The molecule has 6 heteroatoms. The number of sulfonamides is 1. The van der Waals surface area contributed by atoms with E-state index >= 15 is 0 Å². The van der Waals surface area contributed by atoms with Crippen molar-refractivity contribution < 1.29 is 12.8 Å². The van der Waals surface area contributed by atoms with Gasteiger partial charge in [0, 0.05) is 18.6 Å². The summed E-state index contributed by atoms with van der Waals surface area (Å²) in [4.78, 5) is 0.0000463. The summed E-state index contributed by atoms with van der Waals surface area (Å²) >= 11 is 0. The highest BCUT2D eigenvalue weighted by Crippen LogP contribution is 2.26. The molecule has 1 aliphatic rings. The summed E-state index contributed by atoms with van der Waals surface area (Å²) in [5, 5.41) is 0. The summed E-state index contributed by atoms with van der Waals surface area (Å²) < 4.78 is 39.8. The number of hydrogen-bond donors (Lipinski definition) is 1. The average Bonchev–Trinajstić information content (AvgIpc) is 2.38. The van der Waals surface area contributed by atoms with E-state index in [4.69, 9.17) is 5.73 Å². The molecule has 2 unspecified atom stereocenters. The minimum Gasteiger partial charge on any atom is -0.326 e. The Morgan fingerprint density at radius 3 is 2.79 bits per heavy atom. The lowest BCUT2D eigenvalue weighted by Crippen LogP contribution is -2.51. The quantitative estimate of drug-likeness (QED) is 0.920. The zero-order valence-corrected chi connectivity index (χ0v) is 11.7. The minimum atomic E-state index is -3.67. The average molecular weight is 286 g/mol. The lowest BCUT2D eigenvalue weighted by molar-refractivity contribution is 0.227. The number of piperidine rings is 1. The molecule has 2 N–H and O–H groups in total. The standard InChI is InChI=1S/C13H19FN2O2S/c1-10(15)13-7-2-3-8-16(13)19(17,18)12-6-4-5-11(14)9-12/h4-6,9-10,13H,2-3,7-8,15H2,1H3. The Bertz CT molecular complexity index is 545. The smallest absolute Gasteiger partial charge is 0.243 e. The predicted octanol–water partition coefficient (Wildman–Crippen LogP) is 1.72. The summed E-state index contributed by atoms with van der Waals surface area (Å²) in [6.07, 6.45) is 2.55. The van der Waals surface area contributed by atoms with Gasteiger partial charge in [-0.2, -0.15) is 4.31 Å². The molecule has 1 fully saturated rings. The van der Waals surface area contributed by atoms with Gasteiger partial charge >= 0.3 is 0 Å². The highest BCUT2D eigenvalue weighted by Gasteiger charge is 2.35. The first-order valence-electron chi connectivity index (χ1n) is 6.46. The first-order chi connectivity index (χ1) is 8.93. The van der Waals surface area contributed by atoms with E-state index in [0.29, 0.717) is 6.54 Å². The van der Waals surface area contributed by atoms with Crippen molar-refractivity contribution >= 4 is 10.0 Å². The van der Waals surface area contributed by atoms with Gasteiger partial charge in [0.15, 0.2) is 0 Å². The van der Waals surface area contributed by atoms with E-state index in [9.17, 15) is 12.8 Å². The highest BCUT2D eigenvalue weighted by atomic mass is 32.2. The summed E-state index contributed by atoms with van der Waals surface area (Å²) in [5.41, 5.74) is 5.88. The van der Waals surface area contributed by atoms with Crippen molar-refractivity contribution in [3.8, 4) is 0 Å². The van der Waals surface area contributed by atoms with Crippen LogP contribution in [0.2, 0.25) is 0 Å². The van der Waals surface area contributed by atoms with Crippen LogP contribution in [0.3, 0.4) is 0 Å². The molecule has 0 radical (unpaired) electrons. The molecule has 1 saturated heterocycles. The van der Waals surface area contributed by atoms with E-state index in [1.54, 1.807) is 0 Å². The minimum absolute atomic E-state index is 0.0000463. The Labute approximate surface area is 113 Å². The van der Waals surface area contributed by atoms with Crippen molar-refractivity contribution in [2.75, 3.05) is 6.54 Å². The largest absolute Gasteiger partial charge is 0.326 e. The Morgan fingerprint density at radius 2 is 2.16 bits per heavy atom. The number of nitrogens with two attached hydrogens (primary N) is 1. The summed E-state index contributed by atoms with van der Waals surface area (Å²) in [6, 6.07) is 4.68. The molecule has 2 rings (SSSR count). The maximum absolute atomic E-state index is 13.2. The van der Waals surface area contributed by atoms with Crippen LogP contribution in [-0.2, 0) is 10.0 Å². The maximum Gasteiger partial charge on any atom is 0.243 e. The van der Waals surface area contributed by atoms with Gasteiger partial charge in [-0.05, 0) is 38.0 Å². The molecule has 0 saturated carbocycles. The van der Waals surface area contributed by atoms with E-state index in [1.807, 2.05) is 6.92 Å². The normalized spacial score (nSPS) is 23.2. The van der Waals surface area contributed by atoms with Gasteiger partial charge in [-0.25, -0.2) is 12.8 Å². The predicted molar refractivity (Wildman–Crippen MR) is 71.6 cm³/mol. The Morgan fingerprint density at radius 1 is 1.42 bits per heavy atom.